The van der Waals surface area contributed by atoms with Gasteiger partial charge in [-0.2, -0.15) is 13.2 Å². The molecule has 0 radical (unpaired) electrons. The monoisotopic (exact) mass is 418 g/mol. The number of carbonyl (C=O) groups is 3. The van der Waals surface area contributed by atoms with Crippen molar-refractivity contribution in [2.75, 3.05) is 23.3 Å². The van der Waals surface area contributed by atoms with Crippen LogP contribution in [0.4, 0.5) is 24.5 Å². The smallest absolute Gasteiger partial charge is 0.478 e. The molecule has 3 N–H and O–H groups in total. The number of piperidine rings is 1. The number of aliphatic carboxylic acids is 1. The van der Waals surface area contributed by atoms with Crippen LogP contribution in [-0.4, -0.2) is 47.3 Å². The van der Waals surface area contributed by atoms with Gasteiger partial charge in [0.15, 0.2) is 0 Å². The Morgan fingerprint density at radius 1 is 1.14 bits per heavy atom. The Morgan fingerprint density at radius 3 is 2.07 bits per heavy atom. The highest BCUT2D eigenvalue weighted by Crippen LogP contribution is 2.27. The summed E-state index contributed by atoms with van der Waals surface area (Å²) < 4.78 is 31.7. The van der Waals surface area contributed by atoms with E-state index in [0.717, 1.165) is 37.5 Å². The highest BCUT2D eigenvalue weighted by Gasteiger charge is 2.38. The molecule has 1 aliphatic heterocycles. The molecule has 0 aromatic heterocycles. The fourth-order valence-corrected chi connectivity index (χ4v) is 2.56. The summed E-state index contributed by atoms with van der Waals surface area (Å²) in [5, 5.41) is 19.2. The van der Waals surface area contributed by atoms with Crippen LogP contribution in [0.3, 0.4) is 0 Å². The van der Waals surface area contributed by atoms with Gasteiger partial charge in [-0.3, -0.25) is 4.79 Å². The van der Waals surface area contributed by atoms with Crippen molar-refractivity contribution in [3.63, 3.8) is 0 Å². The average Bonchev–Trinajstić information content (AvgIpc) is 2.62. The number of aromatic carboxylic acids is 1. The number of nitrogens with zero attached hydrogens (tertiary/aromatic N) is 1. The number of halogens is 3. The number of carbonyl (C=O) groups excluding carboxylic acids is 1. The van der Waals surface area contributed by atoms with Crippen molar-refractivity contribution >= 4 is 29.2 Å². The number of rotatable bonds is 4. The van der Waals surface area contributed by atoms with E-state index in [0.29, 0.717) is 5.69 Å². The first-order chi connectivity index (χ1) is 13.3. The van der Waals surface area contributed by atoms with Crippen LogP contribution in [0, 0.1) is 11.8 Å². The van der Waals surface area contributed by atoms with Gasteiger partial charge in [-0.15, -0.1) is 0 Å². The standard InChI is InChI=1S/C17H24N2O3.C2HF3O2/c1-11(2)16(20)18-15-5-4-13(10-14(15)17(21)22)19-8-6-12(3)7-9-19;3-2(4,5)1(6)7/h4-5,10-12H,6-9H2,1-3H3,(H,18,20)(H,21,22);(H,6,7). The molecule has 0 atom stereocenters. The second kappa shape index (κ2) is 10.1. The highest BCUT2D eigenvalue weighted by atomic mass is 19.4. The number of carboxylic acids is 2. The number of anilines is 2. The molecular formula is C19H25F3N2O5. The minimum absolute atomic E-state index is 0.144. The Bertz CT molecular complexity index is 742. The Kier molecular flexibility index (Phi) is 8.47. The molecule has 0 spiro atoms. The molecule has 1 fully saturated rings. The summed E-state index contributed by atoms with van der Waals surface area (Å²) >= 11 is 0. The number of amides is 1. The second-order valence-corrected chi connectivity index (χ2v) is 7.15. The number of hydrogen-bond acceptors (Lipinski definition) is 4. The van der Waals surface area contributed by atoms with Gasteiger partial charge in [0, 0.05) is 24.7 Å². The molecule has 1 aromatic carbocycles. The lowest BCUT2D eigenvalue weighted by Gasteiger charge is -2.32. The summed E-state index contributed by atoms with van der Waals surface area (Å²) in [6, 6.07) is 5.24. The second-order valence-electron chi connectivity index (χ2n) is 7.15. The predicted molar refractivity (Wildman–Crippen MR) is 101 cm³/mol. The Hall–Kier alpha value is -2.78. The van der Waals surface area contributed by atoms with Gasteiger partial charge in [0.2, 0.25) is 5.91 Å². The third-order valence-corrected chi connectivity index (χ3v) is 4.41. The molecule has 162 valence electrons. The molecule has 29 heavy (non-hydrogen) atoms. The van der Waals surface area contributed by atoms with E-state index >= 15 is 0 Å². The lowest BCUT2D eigenvalue weighted by atomic mass is 9.98. The Morgan fingerprint density at radius 2 is 1.66 bits per heavy atom. The van der Waals surface area contributed by atoms with Crippen molar-refractivity contribution in [2.45, 2.75) is 39.8 Å². The lowest BCUT2D eigenvalue weighted by molar-refractivity contribution is -0.192. The minimum atomic E-state index is -5.08. The molecule has 1 aromatic rings. The van der Waals surface area contributed by atoms with E-state index in [9.17, 15) is 27.9 Å². The summed E-state index contributed by atoms with van der Waals surface area (Å²) in [7, 11) is 0. The zero-order valence-corrected chi connectivity index (χ0v) is 16.4. The largest absolute Gasteiger partial charge is 0.490 e. The zero-order valence-electron chi connectivity index (χ0n) is 16.4. The van der Waals surface area contributed by atoms with Crippen LogP contribution < -0.4 is 10.2 Å². The van der Waals surface area contributed by atoms with E-state index in [2.05, 4.69) is 17.1 Å². The maximum atomic E-state index is 11.8. The van der Waals surface area contributed by atoms with Gasteiger partial charge >= 0.3 is 18.1 Å². The molecule has 0 aliphatic carbocycles. The lowest BCUT2D eigenvalue weighted by Crippen LogP contribution is -2.32. The van der Waals surface area contributed by atoms with Gasteiger partial charge in [-0.25, -0.2) is 9.59 Å². The van der Waals surface area contributed by atoms with Gasteiger partial charge in [0.05, 0.1) is 11.3 Å². The van der Waals surface area contributed by atoms with Crippen molar-refractivity contribution in [1.82, 2.24) is 0 Å². The van der Waals surface area contributed by atoms with Crippen LogP contribution in [0.25, 0.3) is 0 Å². The number of hydrogen-bond donors (Lipinski definition) is 3. The quantitative estimate of drug-likeness (QED) is 0.686. The van der Waals surface area contributed by atoms with Crippen LogP contribution in [0.15, 0.2) is 18.2 Å². The first kappa shape index (κ1) is 24.3. The third kappa shape index (κ3) is 7.63. The van der Waals surface area contributed by atoms with E-state index in [1.54, 1.807) is 26.0 Å². The molecule has 2 rings (SSSR count). The van der Waals surface area contributed by atoms with Gasteiger partial charge in [-0.1, -0.05) is 20.8 Å². The summed E-state index contributed by atoms with van der Waals surface area (Å²) in [5.41, 5.74) is 1.41. The van der Waals surface area contributed by atoms with Gasteiger partial charge in [0.25, 0.3) is 0 Å². The molecule has 0 unspecified atom stereocenters. The molecule has 10 heteroatoms. The van der Waals surface area contributed by atoms with Gasteiger partial charge in [0.1, 0.15) is 0 Å². The maximum absolute atomic E-state index is 11.8. The Balaban J connectivity index is 0.000000516. The Labute approximate surface area is 166 Å². The molecule has 1 amide bonds. The summed E-state index contributed by atoms with van der Waals surface area (Å²) in [6.45, 7) is 7.68. The zero-order chi connectivity index (χ0) is 22.4. The molecule has 1 aliphatic rings. The van der Waals surface area contributed by atoms with E-state index in [-0.39, 0.29) is 17.4 Å². The van der Waals surface area contributed by atoms with E-state index < -0.39 is 18.1 Å². The first-order valence-corrected chi connectivity index (χ1v) is 9.06. The van der Waals surface area contributed by atoms with Gasteiger partial charge in [-0.05, 0) is 37.0 Å². The van der Waals surface area contributed by atoms with Crippen LogP contribution in [0.2, 0.25) is 0 Å². The van der Waals surface area contributed by atoms with Crippen molar-refractivity contribution in [3.8, 4) is 0 Å². The maximum Gasteiger partial charge on any atom is 0.490 e. The molecule has 0 saturated carbocycles. The fraction of sp³-hybridized carbons (Fsp3) is 0.526. The van der Waals surface area contributed by atoms with Crippen molar-refractivity contribution in [3.05, 3.63) is 23.8 Å². The fourth-order valence-electron chi connectivity index (χ4n) is 2.56. The van der Waals surface area contributed by atoms with E-state index in [1.807, 2.05) is 6.07 Å². The average molecular weight is 418 g/mol. The minimum Gasteiger partial charge on any atom is -0.478 e. The van der Waals surface area contributed by atoms with Crippen molar-refractivity contribution < 1.29 is 37.8 Å². The predicted octanol–water partition coefficient (Wildman–Crippen LogP) is 3.85. The van der Waals surface area contributed by atoms with Crippen molar-refractivity contribution in [2.24, 2.45) is 11.8 Å². The topological polar surface area (TPSA) is 107 Å². The SMILES string of the molecule is CC1CCN(c2ccc(NC(=O)C(C)C)c(C(=O)O)c2)CC1.O=C(O)C(F)(F)F. The van der Waals surface area contributed by atoms with Gasteiger partial charge < -0.3 is 20.4 Å². The highest BCUT2D eigenvalue weighted by molar-refractivity contribution is 6.01. The number of benzene rings is 1. The first-order valence-electron chi connectivity index (χ1n) is 9.06. The summed E-state index contributed by atoms with van der Waals surface area (Å²) in [4.78, 5) is 34.4. The normalized spacial score (nSPS) is 14.8. The van der Waals surface area contributed by atoms with E-state index in [4.69, 9.17) is 9.90 Å². The summed E-state index contributed by atoms with van der Waals surface area (Å²) in [5.74, 6) is -3.43. The summed E-state index contributed by atoms with van der Waals surface area (Å²) in [6.07, 6.45) is -2.84. The van der Waals surface area contributed by atoms with Crippen LogP contribution in [-0.2, 0) is 9.59 Å². The molecular weight excluding hydrogens is 393 g/mol. The van der Waals surface area contributed by atoms with E-state index in [1.165, 1.54) is 0 Å². The van der Waals surface area contributed by atoms with Crippen LogP contribution in [0.5, 0.6) is 0 Å². The molecule has 7 nitrogen and oxygen atoms in total. The molecule has 0 bridgehead atoms. The number of carboxylic acid groups (broad SMARTS) is 2. The third-order valence-electron chi connectivity index (χ3n) is 4.41. The number of alkyl halides is 3. The van der Waals surface area contributed by atoms with Crippen LogP contribution >= 0.6 is 0 Å². The van der Waals surface area contributed by atoms with Crippen molar-refractivity contribution in [1.29, 1.82) is 0 Å². The van der Waals surface area contributed by atoms with Crippen LogP contribution in [0.1, 0.15) is 44.0 Å². The molecule has 1 saturated heterocycles. The molecule has 1 heterocycles. The number of nitrogens with one attached hydrogen (secondary N) is 1.